The molecule has 65 heavy (non-hydrogen) atoms. The molecule has 14 rings (SSSR count). The van der Waals surface area contributed by atoms with E-state index < -0.39 is 5.41 Å². The van der Waals surface area contributed by atoms with Gasteiger partial charge in [0.1, 0.15) is 28.1 Å². The average Bonchev–Trinajstić information content (AvgIpc) is 4.03. The molecule has 0 N–H and O–H groups in total. The van der Waals surface area contributed by atoms with Gasteiger partial charge in [-0.15, -0.1) is 0 Å². The van der Waals surface area contributed by atoms with Crippen LogP contribution in [0, 0.1) is 0 Å². The molecule has 12 aromatic rings. The maximum Gasteiger partial charge on any atom is 0.156 e. The molecular weight excluding hydrogens is 795 g/mol. The first-order chi connectivity index (χ1) is 32.2. The molecule has 1 aliphatic heterocycles. The quantitative estimate of drug-likeness (QED) is 0.173. The van der Waals surface area contributed by atoms with Gasteiger partial charge >= 0.3 is 0 Å². The second kappa shape index (κ2) is 13.7. The van der Waals surface area contributed by atoms with E-state index in [-0.39, 0.29) is 0 Å². The lowest BCUT2D eigenvalue weighted by molar-refractivity contribution is 0.437. The van der Waals surface area contributed by atoms with Gasteiger partial charge in [0.05, 0.1) is 22.2 Å². The Morgan fingerprint density at radius 2 is 0.969 bits per heavy atom. The Morgan fingerprint density at radius 3 is 1.86 bits per heavy atom. The second-order valence-electron chi connectivity index (χ2n) is 17.1. The second-order valence-corrected chi connectivity index (χ2v) is 17.1. The zero-order valence-corrected chi connectivity index (χ0v) is 35.0. The molecule has 3 heterocycles. The summed E-state index contributed by atoms with van der Waals surface area (Å²) in [6, 6.07) is 80.1. The SMILES string of the molecule is c1ccc(-c2ccc3oc4cccc(N(c5ccc6oc7ccccc7c6c5)c5cccc6c5Oc5ccccc5C65c6ccccc6-c6c(-c7ccccc7)cccc65)c4c3c2)cc1. The Balaban J connectivity index is 1.09. The molecule has 2 aliphatic rings. The molecule has 0 fully saturated rings. The zero-order valence-electron chi connectivity index (χ0n) is 35.0. The highest BCUT2D eigenvalue weighted by Crippen LogP contribution is 2.65. The fraction of sp³-hybridized carbons (Fsp3) is 0.0164. The van der Waals surface area contributed by atoms with Crippen LogP contribution in [0.2, 0.25) is 0 Å². The number of rotatable bonds is 5. The summed E-state index contributed by atoms with van der Waals surface area (Å²) in [5.41, 5.74) is 17.3. The van der Waals surface area contributed by atoms with Crippen LogP contribution in [-0.4, -0.2) is 0 Å². The summed E-state index contributed by atoms with van der Waals surface area (Å²) >= 11 is 0. The standard InChI is InChI=1S/C61H37NO3/c1-3-16-38(17-4-1)40-32-34-55-46(36-40)59-51(27-15-31-57(59)64-55)62(41-33-35-54-45(37-41)43-20-8-11-29-53(43)63-54)52-28-14-26-50-60(52)65-56-30-12-10-24-48(56)61(50)47-23-9-7-21-44(47)58-42(22-13-25-49(58)61)39-18-5-2-6-19-39/h1-37H. The van der Waals surface area contributed by atoms with Crippen LogP contribution in [0.25, 0.3) is 77.3 Å². The fourth-order valence-electron chi connectivity index (χ4n) is 11.1. The Morgan fingerprint density at radius 1 is 0.354 bits per heavy atom. The summed E-state index contributed by atoms with van der Waals surface area (Å²) < 4.78 is 20.5. The summed E-state index contributed by atoms with van der Waals surface area (Å²) in [7, 11) is 0. The maximum atomic E-state index is 7.38. The molecule has 0 saturated carbocycles. The fourth-order valence-corrected chi connectivity index (χ4v) is 11.1. The van der Waals surface area contributed by atoms with Crippen molar-refractivity contribution in [2.24, 2.45) is 0 Å². The topological polar surface area (TPSA) is 38.8 Å². The van der Waals surface area contributed by atoms with Crippen molar-refractivity contribution in [3.05, 3.63) is 247 Å². The van der Waals surface area contributed by atoms with Crippen LogP contribution in [0.1, 0.15) is 22.3 Å². The maximum absolute atomic E-state index is 7.38. The normalized spacial score (nSPS) is 14.6. The number of anilines is 3. The van der Waals surface area contributed by atoms with E-state index in [0.29, 0.717) is 0 Å². The molecule has 1 spiro atoms. The van der Waals surface area contributed by atoms with Gasteiger partial charge in [-0.2, -0.15) is 0 Å². The number of fused-ring (bicyclic) bond motifs is 15. The highest BCUT2D eigenvalue weighted by atomic mass is 16.5. The molecule has 0 saturated heterocycles. The van der Waals surface area contributed by atoms with Crippen molar-refractivity contribution < 1.29 is 13.6 Å². The van der Waals surface area contributed by atoms with Gasteiger partial charge in [-0.25, -0.2) is 0 Å². The molecule has 1 atom stereocenters. The van der Waals surface area contributed by atoms with Crippen molar-refractivity contribution in [2.75, 3.05) is 4.90 Å². The Labute approximate surface area is 374 Å². The van der Waals surface area contributed by atoms with Crippen LogP contribution in [0.5, 0.6) is 11.5 Å². The monoisotopic (exact) mass is 831 g/mol. The Hall–Kier alpha value is -8.60. The van der Waals surface area contributed by atoms with Gasteiger partial charge in [-0.3, -0.25) is 0 Å². The Kier molecular flexibility index (Phi) is 7.57. The van der Waals surface area contributed by atoms with Gasteiger partial charge in [0.15, 0.2) is 5.75 Å². The van der Waals surface area contributed by atoms with Crippen LogP contribution in [-0.2, 0) is 5.41 Å². The zero-order chi connectivity index (χ0) is 42.6. The van der Waals surface area contributed by atoms with Gasteiger partial charge in [0.2, 0.25) is 0 Å². The van der Waals surface area contributed by atoms with E-state index in [2.05, 4.69) is 217 Å². The lowest BCUT2D eigenvalue weighted by atomic mass is 9.66. The van der Waals surface area contributed by atoms with Crippen molar-refractivity contribution in [2.45, 2.75) is 5.41 Å². The molecule has 1 aliphatic carbocycles. The van der Waals surface area contributed by atoms with Gasteiger partial charge < -0.3 is 18.5 Å². The summed E-state index contributed by atoms with van der Waals surface area (Å²) in [6.45, 7) is 0. The van der Waals surface area contributed by atoms with Crippen molar-refractivity contribution in [3.63, 3.8) is 0 Å². The number of para-hydroxylation sites is 3. The smallest absolute Gasteiger partial charge is 0.156 e. The molecule has 0 amide bonds. The van der Waals surface area contributed by atoms with Crippen molar-refractivity contribution in [3.8, 4) is 44.9 Å². The largest absolute Gasteiger partial charge is 0.456 e. The van der Waals surface area contributed by atoms with Crippen LogP contribution in [0.15, 0.2) is 233 Å². The Bertz CT molecular complexity index is 3880. The predicted molar refractivity (Wildman–Crippen MR) is 264 cm³/mol. The molecule has 1 unspecified atom stereocenters. The van der Waals surface area contributed by atoms with Gasteiger partial charge in [0.25, 0.3) is 0 Å². The van der Waals surface area contributed by atoms with Gasteiger partial charge in [-0.1, -0.05) is 164 Å². The van der Waals surface area contributed by atoms with E-state index in [0.717, 1.165) is 94.7 Å². The average molecular weight is 832 g/mol. The lowest BCUT2D eigenvalue weighted by Crippen LogP contribution is -2.32. The van der Waals surface area contributed by atoms with Crippen molar-refractivity contribution >= 4 is 60.9 Å². The molecule has 0 radical (unpaired) electrons. The molecule has 4 nitrogen and oxygen atoms in total. The minimum Gasteiger partial charge on any atom is -0.456 e. The molecular formula is C61H37NO3. The minimum absolute atomic E-state index is 0.688. The van der Waals surface area contributed by atoms with Gasteiger partial charge in [0, 0.05) is 33.0 Å². The highest BCUT2D eigenvalue weighted by molar-refractivity contribution is 6.15. The number of benzene rings is 10. The minimum atomic E-state index is -0.688. The van der Waals surface area contributed by atoms with Crippen LogP contribution in [0.4, 0.5) is 17.1 Å². The van der Waals surface area contributed by atoms with E-state index in [1.54, 1.807) is 0 Å². The van der Waals surface area contributed by atoms with E-state index in [4.69, 9.17) is 13.6 Å². The van der Waals surface area contributed by atoms with Crippen molar-refractivity contribution in [1.82, 2.24) is 0 Å². The van der Waals surface area contributed by atoms with Gasteiger partial charge in [-0.05, 0) is 105 Å². The van der Waals surface area contributed by atoms with E-state index in [1.165, 1.54) is 33.4 Å². The first kappa shape index (κ1) is 35.9. The van der Waals surface area contributed by atoms with Crippen LogP contribution in [0.3, 0.4) is 0 Å². The number of furan rings is 2. The lowest BCUT2D eigenvalue weighted by Gasteiger charge is -2.41. The van der Waals surface area contributed by atoms with Crippen LogP contribution >= 0.6 is 0 Å². The van der Waals surface area contributed by atoms with Crippen LogP contribution < -0.4 is 9.64 Å². The third-order valence-corrected chi connectivity index (χ3v) is 13.7. The highest BCUT2D eigenvalue weighted by Gasteiger charge is 2.52. The molecule has 4 heteroatoms. The third-order valence-electron chi connectivity index (χ3n) is 13.7. The van der Waals surface area contributed by atoms with E-state index in [9.17, 15) is 0 Å². The summed E-state index contributed by atoms with van der Waals surface area (Å²) in [6.07, 6.45) is 0. The first-order valence-corrected chi connectivity index (χ1v) is 22.2. The summed E-state index contributed by atoms with van der Waals surface area (Å²) in [4.78, 5) is 2.37. The molecule has 0 bridgehead atoms. The van der Waals surface area contributed by atoms with Crippen molar-refractivity contribution in [1.29, 1.82) is 0 Å². The number of hydrogen-bond acceptors (Lipinski definition) is 4. The predicted octanol–water partition coefficient (Wildman–Crippen LogP) is 16.8. The number of hydrogen-bond donors (Lipinski definition) is 0. The molecule has 10 aromatic carbocycles. The van der Waals surface area contributed by atoms with E-state index >= 15 is 0 Å². The molecule has 2 aromatic heterocycles. The third kappa shape index (κ3) is 5.08. The summed E-state index contributed by atoms with van der Waals surface area (Å²) in [5.74, 6) is 1.63. The molecule has 304 valence electrons. The first-order valence-electron chi connectivity index (χ1n) is 22.2. The van der Waals surface area contributed by atoms with E-state index in [1.807, 2.05) is 12.1 Å². The summed E-state index contributed by atoms with van der Waals surface area (Å²) in [5, 5.41) is 4.16. The number of ether oxygens (including phenoxy) is 1. The number of nitrogens with zero attached hydrogens (tertiary/aromatic N) is 1.